The number of ether oxygens (including phenoxy) is 1. The van der Waals surface area contributed by atoms with E-state index >= 15 is 0 Å². The minimum Gasteiger partial charge on any atom is -0.371 e. The first kappa shape index (κ1) is 10.5. The van der Waals surface area contributed by atoms with Crippen LogP contribution in [0.15, 0.2) is 23.1 Å². The van der Waals surface area contributed by atoms with Crippen LogP contribution in [0.5, 0.6) is 0 Å². The first-order chi connectivity index (χ1) is 8.22. The highest BCUT2D eigenvalue weighted by Crippen LogP contribution is 2.26. The molecule has 1 aromatic rings. The Labute approximate surface area is 98.4 Å². The van der Waals surface area contributed by atoms with E-state index in [1.165, 1.54) is 12.3 Å². The van der Waals surface area contributed by atoms with E-state index in [-0.39, 0.29) is 23.7 Å². The van der Waals surface area contributed by atoms with Crippen molar-refractivity contribution >= 4 is 5.91 Å². The lowest BCUT2D eigenvalue weighted by Gasteiger charge is -2.32. The van der Waals surface area contributed by atoms with Gasteiger partial charge in [0.15, 0.2) is 0 Å². The molecule has 2 saturated heterocycles. The molecule has 2 atom stereocenters. The lowest BCUT2D eigenvalue weighted by atomic mass is 10.2. The van der Waals surface area contributed by atoms with Gasteiger partial charge in [0.05, 0.1) is 12.2 Å². The number of hydrogen-bond donors (Lipinski definition) is 1. The number of aromatic nitrogens is 1. The molecule has 0 aliphatic carbocycles. The number of rotatable bonds is 1. The lowest BCUT2D eigenvalue weighted by molar-refractivity contribution is -0.0303. The van der Waals surface area contributed by atoms with Crippen molar-refractivity contribution in [3.05, 3.63) is 34.2 Å². The molecule has 0 spiro atoms. The van der Waals surface area contributed by atoms with Crippen molar-refractivity contribution in [2.45, 2.75) is 25.0 Å². The normalized spacial score (nSPS) is 27.2. The molecule has 0 radical (unpaired) electrons. The van der Waals surface area contributed by atoms with Crippen LogP contribution in [0, 0.1) is 0 Å². The fourth-order valence-electron chi connectivity index (χ4n) is 2.54. The van der Waals surface area contributed by atoms with Gasteiger partial charge in [0, 0.05) is 30.9 Å². The Balaban J connectivity index is 1.80. The first-order valence-electron chi connectivity index (χ1n) is 5.86. The van der Waals surface area contributed by atoms with Crippen LogP contribution in [0.4, 0.5) is 0 Å². The summed E-state index contributed by atoms with van der Waals surface area (Å²) >= 11 is 0. The molecule has 2 fully saturated rings. The number of likely N-dealkylation sites (tertiary alicyclic amines) is 1. The fraction of sp³-hybridized carbons (Fsp3) is 0.500. The van der Waals surface area contributed by atoms with Gasteiger partial charge in [-0.1, -0.05) is 0 Å². The van der Waals surface area contributed by atoms with E-state index < -0.39 is 0 Å². The van der Waals surface area contributed by atoms with E-state index in [1.54, 1.807) is 11.0 Å². The molecule has 5 nitrogen and oxygen atoms in total. The van der Waals surface area contributed by atoms with E-state index in [4.69, 9.17) is 4.74 Å². The van der Waals surface area contributed by atoms with Crippen molar-refractivity contribution in [2.75, 3.05) is 13.1 Å². The summed E-state index contributed by atoms with van der Waals surface area (Å²) in [4.78, 5) is 27.7. The largest absolute Gasteiger partial charge is 0.371 e. The van der Waals surface area contributed by atoms with Crippen LogP contribution in [0.1, 0.15) is 23.2 Å². The molecule has 17 heavy (non-hydrogen) atoms. The molecule has 2 aliphatic heterocycles. The monoisotopic (exact) mass is 234 g/mol. The van der Waals surface area contributed by atoms with Gasteiger partial charge < -0.3 is 14.6 Å². The molecule has 2 aliphatic rings. The summed E-state index contributed by atoms with van der Waals surface area (Å²) in [5, 5.41) is 0. The summed E-state index contributed by atoms with van der Waals surface area (Å²) in [5.74, 6) is -0.0729. The molecular formula is C12H14N2O3. The lowest BCUT2D eigenvalue weighted by Crippen LogP contribution is -2.45. The van der Waals surface area contributed by atoms with E-state index in [2.05, 4.69) is 4.98 Å². The molecule has 5 heteroatoms. The summed E-state index contributed by atoms with van der Waals surface area (Å²) in [6.45, 7) is 1.28. The second-order valence-electron chi connectivity index (χ2n) is 4.61. The summed E-state index contributed by atoms with van der Waals surface area (Å²) in [5.41, 5.74) is 0.210. The third-order valence-electron chi connectivity index (χ3n) is 3.35. The maximum absolute atomic E-state index is 12.2. The third kappa shape index (κ3) is 1.98. The highest BCUT2D eigenvalue weighted by Gasteiger charge is 2.35. The minimum absolute atomic E-state index is 0.0729. The van der Waals surface area contributed by atoms with Gasteiger partial charge in [-0.15, -0.1) is 0 Å². The molecule has 1 amide bonds. The summed E-state index contributed by atoms with van der Waals surface area (Å²) in [6.07, 6.45) is 3.93. The van der Waals surface area contributed by atoms with E-state index in [0.717, 1.165) is 12.8 Å². The third-order valence-corrected chi connectivity index (χ3v) is 3.35. The number of fused-ring (bicyclic) bond motifs is 2. The Kier molecular flexibility index (Phi) is 2.48. The van der Waals surface area contributed by atoms with Gasteiger partial charge in [-0.25, -0.2) is 0 Å². The number of carbonyl (C=O) groups is 1. The predicted molar refractivity (Wildman–Crippen MR) is 60.9 cm³/mol. The summed E-state index contributed by atoms with van der Waals surface area (Å²) in [7, 11) is 0. The molecule has 3 rings (SSSR count). The van der Waals surface area contributed by atoms with Gasteiger partial charge in [-0.05, 0) is 18.9 Å². The fourth-order valence-corrected chi connectivity index (χ4v) is 2.54. The number of pyridine rings is 1. The van der Waals surface area contributed by atoms with E-state index in [9.17, 15) is 9.59 Å². The Bertz CT molecular complexity index is 485. The van der Waals surface area contributed by atoms with Gasteiger partial charge in [0.2, 0.25) is 5.56 Å². The zero-order valence-electron chi connectivity index (χ0n) is 9.39. The predicted octanol–water partition coefficient (Wildman–Crippen LogP) is 0.378. The first-order valence-corrected chi connectivity index (χ1v) is 5.86. The minimum atomic E-state index is -0.243. The number of nitrogens with zero attached hydrogens (tertiary/aromatic N) is 1. The average molecular weight is 234 g/mol. The molecule has 0 saturated carbocycles. The highest BCUT2D eigenvalue weighted by atomic mass is 16.5. The Hall–Kier alpha value is -1.62. The zero-order chi connectivity index (χ0) is 11.8. The second kappa shape index (κ2) is 4.00. The van der Waals surface area contributed by atoms with Gasteiger partial charge >= 0.3 is 0 Å². The maximum Gasteiger partial charge on any atom is 0.254 e. The van der Waals surface area contributed by atoms with Gasteiger partial charge in [-0.3, -0.25) is 9.59 Å². The Morgan fingerprint density at radius 3 is 2.71 bits per heavy atom. The number of hydrogen-bond acceptors (Lipinski definition) is 3. The van der Waals surface area contributed by atoms with Crippen LogP contribution >= 0.6 is 0 Å². The molecule has 2 unspecified atom stereocenters. The molecule has 0 aromatic carbocycles. The standard InChI is InChI=1S/C12H14N2O3/c15-11-5-8(3-4-13-11)12(16)14-6-9-1-2-10(7-14)17-9/h3-5,9-10H,1-2,6-7H2,(H,13,15). The second-order valence-corrected chi connectivity index (χ2v) is 4.61. The van der Waals surface area contributed by atoms with Gasteiger partial charge in [0.25, 0.3) is 5.91 Å². The number of amides is 1. The van der Waals surface area contributed by atoms with Crippen molar-refractivity contribution in [3.63, 3.8) is 0 Å². The number of nitrogens with one attached hydrogen (secondary N) is 1. The average Bonchev–Trinajstić information content (AvgIpc) is 2.67. The Morgan fingerprint density at radius 2 is 2.06 bits per heavy atom. The zero-order valence-corrected chi connectivity index (χ0v) is 9.39. The Morgan fingerprint density at radius 1 is 1.35 bits per heavy atom. The topological polar surface area (TPSA) is 62.4 Å². The van der Waals surface area contributed by atoms with Gasteiger partial charge in [0.1, 0.15) is 0 Å². The van der Waals surface area contributed by atoms with Crippen molar-refractivity contribution in [3.8, 4) is 0 Å². The van der Waals surface area contributed by atoms with Crippen LogP contribution in [0.3, 0.4) is 0 Å². The van der Waals surface area contributed by atoms with E-state index in [1.807, 2.05) is 0 Å². The van der Waals surface area contributed by atoms with Gasteiger partial charge in [-0.2, -0.15) is 0 Å². The van der Waals surface area contributed by atoms with Crippen molar-refractivity contribution < 1.29 is 9.53 Å². The van der Waals surface area contributed by atoms with Crippen LogP contribution in [0.25, 0.3) is 0 Å². The molecular weight excluding hydrogens is 220 g/mol. The number of carbonyl (C=O) groups excluding carboxylic acids is 1. The molecule has 3 heterocycles. The van der Waals surface area contributed by atoms with Crippen LogP contribution in [-0.2, 0) is 4.74 Å². The molecule has 1 N–H and O–H groups in total. The SMILES string of the molecule is O=C(c1cc[nH]c(=O)c1)N1CC2CCC(C1)O2. The number of aromatic amines is 1. The quantitative estimate of drug-likeness (QED) is 0.764. The number of H-pyrrole nitrogens is 1. The molecule has 1 aromatic heterocycles. The summed E-state index contributed by atoms with van der Waals surface area (Å²) in [6, 6.07) is 2.99. The van der Waals surface area contributed by atoms with Crippen molar-refractivity contribution in [2.24, 2.45) is 0 Å². The van der Waals surface area contributed by atoms with Crippen molar-refractivity contribution in [1.29, 1.82) is 0 Å². The van der Waals surface area contributed by atoms with Crippen LogP contribution < -0.4 is 5.56 Å². The molecule has 2 bridgehead atoms. The van der Waals surface area contributed by atoms with Crippen LogP contribution in [0.2, 0.25) is 0 Å². The number of morpholine rings is 1. The smallest absolute Gasteiger partial charge is 0.254 e. The molecule has 90 valence electrons. The van der Waals surface area contributed by atoms with Crippen molar-refractivity contribution in [1.82, 2.24) is 9.88 Å². The maximum atomic E-state index is 12.2. The summed E-state index contributed by atoms with van der Waals surface area (Å²) < 4.78 is 5.68. The highest BCUT2D eigenvalue weighted by molar-refractivity contribution is 5.94. The van der Waals surface area contributed by atoms with E-state index in [0.29, 0.717) is 18.7 Å². The van der Waals surface area contributed by atoms with Crippen LogP contribution in [-0.4, -0.2) is 41.1 Å².